The molecule has 1 aromatic rings. The van der Waals surface area contributed by atoms with Crippen molar-refractivity contribution in [2.24, 2.45) is 11.8 Å². The van der Waals surface area contributed by atoms with Gasteiger partial charge in [-0.3, -0.25) is 0 Å². The molecule has 1 heterocycles. The number of benzene rings is 1. The lowest BCUT2D eigenvalue weighted by molar-refractivity contribution is 0.122. The van der Waals surface area contributed by atoms with Gasteiger partial charge in [-0.25, -0.2) is 0 Å². The molecule has 1 fully saturated rings. The monoisotopic (exact) mass is 261 g/mol. The molecule has 0 spiro atoms. The minimum Gasteiger partial charge on any atom is -0.391 e. The summed E-state index contributed by atoms with van der Waals surface area (Å²) in [6, 6.07) is 10.3. The summed E-state index contributed by atoms with van der Waals surface area (Å²) in [5, 5.41) is 10.2. The fraction of sp³-hybridized carbons (Fsp3) is 0.647. The smallest absolute Gasteiger partial charge is 0.0707 e. The molecule has 1 aliphatic heterocycles. The van der Waals surface area contributed by atoms with Gasteiger partial charge in [0.2, 0.25) is 0 Å². The van der Waals surface area contributed by atoms with E-state index in [0.717, 1.165) is 31.3 Å². The summed E-state index contributed by atoms with van der Waals surface area (Å²) >= 11 is 0. The highest BCUT2D eigenvalue weighted by atomic mass is 16.3. The lowest BCUT2D eigenvalue weighted by atomic mass is 9.97. The zero-order chi connectivity index (χ0) is 13.7. The molecule has 106 valence electrons. The van der Waals surface area contributed by atoms with Gasteiger partial charge >= 0.3 is 0 Å². The van der Waals surface area contributed by atoms with Crippen LogP contribution in [0, 0.1) is 11.8 Å². The van der Waals surface area contributed by atoms with Crippen LogP contribution in [-0.4, -0.2) is 35.7 Å². The van der Waals surface area contributed by atoms with Crippen LogP contribution in [0.15, 0.2) is 30.3 Å². The third-order valence-corrected chi connectivity index (χ3v) is 3.96. The molecule has 19 heavy (non-hydrogen) atoms. The first-order valence-electron chi connectivity index (χ1n) is 7.58. The molecule has 0 aliphatic carbocycles. The molecular weight excluding hydrogens is 234 g/mol. The Morgan fingerprint density at radius 1 is 1.26 bits per heavy atom. The molecule has 2 rings (SSSR count). The van der Waals surface area contributed by atoms with E-state index in [1.54, 1.807) is 0 Å². The molecule has 2 nitrogen and oxygen atoms in total. The zero-order valence-electron chi connectivity index (χ0n) is 12.3. The summed E-state index contributed by atoms with van der Waals surface area (Å²) < 4.78 is 0. The van der Waals surface area contributed by atoms with Gasteiger partial charge in [-0.05, 0) is 43.2 Å². The highest BCUT2D eigenvalue weighted by Gasteiger charge is 2.24. The van der Waals surface area contributed by atoms with Crippen LogP contribution >= 0.6 is 0 Å². The van der Waals surface area contributed by atoms with Gasteiger partial charge in [-0.15, -0.1) is 0 Å². The van der Waals surface area contributed by atoms with Crippen LogP contribution in [0.2, 0.25) is 0 Å². The second-order valence-corrected chi connectivity index (χ2v) is 6.39. The van der Waals surface area contributed by atoms with Crippen LogP contribution in [0.3, 0.4) is 0 Å². The van der Waals surface area contributed by atoms with Crippen molar-refractivity contribution in [3.63, 3.8) is 0 Å². The van der Waals surface area contributed by atoms with Crippen molar-refractivity contribution in [2.45, 2.75) is 39.2 Å². The van der Waals surface area contributed by atoms with E-state index in [4.69, 9.17) is 0 Å². The molecule has 2 heteroatoms. The first kappa shape index (κ1) is 14.5. The lowest BCUT2D eigenvalue weighted by Crippen LogP contribution is -2.32. The summed E-state index contributed by atoms with van der Waals surface area (Å²) in [6.45, 7) is 7.75. The van der Waals surface area contributed by atoms with E-state index < -0.39 is 0 Å². The maximum Gasteiger partial charge on any atom is 0.0707 e. The minimum absolute atomic E-state index is 0.236. The summed E-state index contributed by atoms with van der Waals surface area (Å²) in [5.41, 5.74) is 1.23. The second kappa shape index (κ2) is 7.06. The van der Waals surface area contributed by atoms with Gasteiger partial charge in [-0.2, -0.15) is 0 Å². The van der Waals surface area contributed by atoms with E-state index in [1.165, 1.54) is 24.9 Å². The van der Waals surface area contributed by atoms with E-state index in [0.29, 0.717) is 0 Å². The van der Waals surface area contributed by atoms with E-state index >= 15 is 0 Å². The van der Waals surface area contributed by atoms with Crippen LogP contribution in [-0.2, 0) is 6.42 Å². The number of β-amino-alcohol motifs (C(OH)–C–C–N with tert-alkyl or cyclic N) is 1. The van der Waals surface area contributed by atoms with Crippen molar-refractivity contribution in [1.29, 1.82) is 0 Å². The van der Waals surface area contributed by atoms with Gasteiger partial charge in [0, 0.05) is 13.1 Å². The van der Waals surface area contributed by atoms with Gasteiger partial charge in [0.05, 0.1) is 6.10 Å². The Morgan fingerprint density at radius 3 is 2.68 bits per heavy atom. The molecule has 0 radical (unpaired) electrons. The average Bonchev–Trinajstić information content (AvgIpc) is 2.76. The van der Waals surface area contributed by atoms with Crippen molar-refractivity contribution in [3.8, 4) is 0 Å². The predicted molar refractivity (Wildman–Crippen MR) is 80.2 cm³/mol. The fourth-order valence-electron chi connectivity index (χ4n) is 3.19. The van der Waals surface area contributed by atoms with Gasteiger partial charge < -0.3 is 10.0 Å². The average molecular weight is 261 g/mol. The number of aliphatic hydroxyl groups is 1. The SMILES string of the molecule is CC(C)CC1CCN(CC(O)Cc2ccccc2)C1. The van der Waals surface area contributed by atoms with Crippen LogP contribution in [0.1, 0.15) is 32.3 Å². The summed E-state index contributed by atoms with van der Waals surface area (Å²) in [5.74, 6) is 1.63. The van der Waals surface area contributed by atoms with Crippen LogP contribution in [0.5, 0.6) is 0 Å². The molecule has 1 aliphatic rings. The van der Waals surface area contributed by atoms with Crippen molar-refractivity contribution in [1.82, 2.24) is 4.90 Å². The summed E-state index contributed by atoms with van der Waals surface area (Å²) in [7, 11) is 0. The standard InChI is InChI=1S/C17H27NO/c1-14(2)10-16-8-9-18(12-16)13-17(19)11-15-6-4-3-5-7-15/h3-7,14,16-17,19H,8-13H2,1-2H3. The molecule has 1 saturated heterocycles. The summed E-state index contributed by atoms with van der Waals surface area (Å²) in [6.07, 6.45) is 3.16. The Bertz CT molecular complexity index is 363. The summed E-state index contributed by atoms with van der Waals surface area (Å²) in [4.78, 5) is 2.43. The van der Waals surface area contributed by atoms with Crippen molar-refractivity contribution < 1.29 is 5.11 Å². The van der Waals surface area contributed by atoms with Crippen molar-refractivity contribution in [3.05, 3.63) is 35.9 Å². The quantitative estimate of drug-likeness (QED) is 0.851. The molecule has 1 aromatic carbocycles. The van der Waals surface area contributed by atoms with Crippen LogP contribution < -0.4 is 0 Å². The lowest BCUT2D eigenvalue weighted by Gasteiger charge is -2.20. The number of likely N-dealkylation sites (tertiary alicyclic amines) is 1. The predicted octanol–water partition coefficient (Wildman–Crippen LogP) is 2.96. The van der Waals surface area contributed by atoms with E-state index in [9.17, 15) is 5.11 Å². The Balaban J connectivity index is 1.73. The van der Waals surface area contributed by atoms with Gasteiger partial charge in [0.15, 0.2) is 0 Å². The van der Waals surface area contributed by atoms with Gasteiger partial charge in [0.25, 0.3) is 0 Å². The highest BCUT2D eigenvalue weighted by Crippen LogP contribution is 2.23. The Morgan fingerprint density at radius 2 is 2.00 bits per heavy atom. The molecule has 1 N–H and O–H groups in total. The first-order chi connectivity index (χ1) is 9.13. The Labute approximate surface area is 117 Å². The highest BCUT2D eigenvalue weighted by molar-refractivity contribution is 5.15. The molecule has 0 bridgehead atoms. The largest absolute Gasteiger partial charge is 0.391 e. The van der Waals surface area contributed by atoms with Crippen LogP contribution in [0.4, 0.5) is 0 Å². The molecule has 2 atom stereocenters. The normalized spacial score (nSPS) is 22.0. The molecule has 0 aromatic heterocycles. The minimum atomic E-state index is -0.236. The fourth-order valence-corrected chi connectivity index (χ4v) is 3.19. The number of hydrogen-bond acceptors (Lipinski definition) is 2. The molecule has 0 saturated carbocycles. The van der Waals surface area contributed by atoms with Crippen molar-refractivity contribution in [2.75, 3.05) is 19.6 Å². The topological polar surface area (TPSA) is 23.5 Å². The van der Waals surface area contributed by atoms with Crippen LogP contribution in [0.25, 0.3) is 0 Å². The number of hydrogen-bond donors (Lipinski definition) is 1. The molecular formula is C17H27NO. The molecule has 0 amide bonds. The zero-order valence-corrected chi connectivity index (χ0v) is 12.3. The van der Waals surface area contributed by atoms with Crippen molar-refractivity contribution >= 4 is 0 Å². The molecule has 2 unspecified atom stereocenters. The van der Waals surface area contributed by atoms with E-state index in [1.807, 2.05) is 18.2 Å². The Hall–Kier alpha value is -0.860. The number of aliphatic hydroxyl groups excluding tert-OH is 1. The van der Waals surface area contributed by atoms with Gasteiger partial charge in [0.1, 0.15) is 0 Å². The number of rotatable bonds is 6. The third-order valence-electron chi connectivity index (χ3n) is 3.96. The van der Waals surface area contributed by atoms with E-state index in [2.05, 4.69) is 30.9 Å². The Kier molecular flexibility index (Phi) is 5.41. The van der Waals surface area contributed by atoms with E-state index in [-0.39, 0.29) is 6.10 Å². The third kappa shape index (κ3) is 4.96. The number of nitrogens with zero attached hydrogens (tertiary/aromatic N) is 1. The maximum atomic E-state index is 10.2. The maximum absolute atomic E-state index is 10.2. The first-order valence-corrected chi connectivity index (χ1v) is 7.58. The van der Waals surface area contributed by atoms with Gasteiger partial charge in [-0.1, -0.05) is 44.2 Å². The second-order valence-electron chi connectivity index (χ2n) is 6.39.